The smallest absolute Gasteiger partial charge is 0.259 e. The molecule has 4 rings (SSSR count). The minimum absolute atomic E-state index is 0.0819. The number of rotatable bonds is 4. The van der Waals surface area contributed by atoms with Crippen molar-refractivity contribution in [3.8, 4) is 5.69 Å². The van der Waals surface area contributed by atoms with Crippen LogP contribution in [0.1, 0.15) is 65.8 Å². The van der Waals surface area contributed by atoms with Gasteiger partial charge in [0.05, 0.1) is 11.9 Å². The number of hydrogen-bond donors (Lipinski definition) is 2. The average Bonchev–Trinajstić information content (AvgIpc) is 3.30. The molecule has 2 heterocycles. The number of nitrogens with zero attached hydrogens (tertiary/aromatic N) is 3. The van der Waals surface area contributed by atoms with Crippen LogP contribution in [0.2, 0.25) is 0 Å². The highest BCUT2D eigenvalue weighted by Crippen LogP contribution is 2.29. The molecule has 3 N–H and O–H groups in total. The van der Waals surface area contributed by atoms with Crippen LogP contribution in [-0.4, -0.2) is 44.6 Å². The third kappa shape index (κ3) is 3.25. The molecule has 2 atom stereocenters. The average molecular weight is 381 g/mol. The summed E-state index contributed by atoms with van der Waals surface area (Å²) in [6.45, 7) is 6.06. The molecule has 28 heavy (non-hydrogen) atoms. The molecule has 1 saturated carbocycles. The maximum atomic E-state index is 13.1. The van der Waals surface area contributed by atoms with Crippen LogP contribution >= 0.6 is 0 Å². The summed E-state index contributed by atoms with van der Waals surface area (Å²) >= 11 is 0. The number of benzene rings is 1. The molecular weight excluding hydrogens is 354 g/mol. The zero-order valence-corrected chi connectivity index (χ0v) is 16.6. The number of nitrogen functional groups attached to an aromatic ring is 1. The normalized spacial score (nSPS) is 21.8. The molecule has 148 valence electrons. The summed E-state index contributed by atoms with van der Waals surface area (Å²) in [6.07, 6.45) is 5.60. The molecule has 7 nitrogen and oxygen atoms in total. The van der Waals surface area contributed by atoms with E-state index >= 15 is 0 Å². The van der Waals surface area contributed by atoms with E-state index in [1.807, 2.05) is 17.9 Å². The molecule has 1 saturated heterocycles. The lowest BCUT2D eigenvalue weighted by molar-refractivity contribution is 0.0693. The van der Waals surface area contributed by atoms with Gasteiger partial charge < -0.3 is 16.0 Å². The van der Waals surface area contributed by atoms with Gasteiger partial charge in [0, 0.05) is 23.7 Å². The Bertz CT molecular complexity index is 921. The van der Waals surface area contributed by atoms with Crippen LogP contribution in [0, 0.1) is 6.92 Å². The topological polar surface area (TPSA) is 93.2 Å². The van der Waals surface area contributed by atoms with E-state index in [-0.39, 0.29) is 23.9 Å². The van der Waals surface area contributed by atoms with Gasteiger partial charge in [-0.2, -0.15) is 5.10 Å². The predicted octanol–water partition coefficient (Wildman–Crippen LogP) is 2.67. The first-order valence-corrected chi connectivity index (χ1v) is 9.95. The molecule has 1 aliphatic carbocycles. The summed E-state index contributed by atoms with van der Waals surface area (Å²) in [5.74, 6) is 0.131. The maximum Gasteiger partial charge on any atom is 0.259 e. The zero-order chi connectivity index (χ0) is 20.0. The van der Waals surface area contributed by atoms with Crippen molar-refractivity contribution in [1.82, 2.24) is 20.0 Å². The molecule has 2 aliphatic rings. The first kappa shape index (κ1) is 18.5. The van der Waals surface area contributed by atoms with Crippen molar-refractivity contribution in [3.05, 3.63) is 41.1 Å². The number of nitrogens with two attached hydrogens (primary N) is 1. The van der Waals surface area contributed by atoms with Gasteiger partial charge in [-0.05, 0) is 64.2 Å². The first-order chi connectivity index (χ1) is 13.4. The van der Waals surface area contributed by atoms with E-state index in [0.29, 0.717) is 28.7 Å². The van der Waals surface area contributed by atoms with Crippen molar-refractivity contribution in [3.63, 3.8) is 0 Å². The minimum Gasteiger partial charge on any atom is -0.383 e. The van der Waals surface area contributed by atoms with Gasteiger partial charge in [-0.25, -0.2) is 4.68 Å². The van der Waals surface area contributed by atoms with E-state index in [0.717, 1.165) is 31.2 Å². The van der Waals surface area contributed by atoms with Crippen LogP contribution in [0.3, 0.4) is 0 Å². The molecule has 2 aromatic rings. The van der Waals surface area contributed by atoms with Crippen molar-refractivity contribution < 1.29 is 9.59 Å². The fourth-order valence-corrected chi connectivity index (χ4v) is 3.92. The van der Waals surface area contributed by atoms with E-state index in [9.17, 15) is 9.59 Å². The summed E-state index contributed by atoms with van der Waals surface area (Å²) in [5.41, 5.74) is 8.95. The number of likely N-dealkylation sites (tertiary alicyclic amines) is 1. The van der Waals surface area contributed by atoms with E-state index in [1.165, 1.54) is 6.20 Å². The SMILES string of the molecule is Cc1ccc(C(=O)NC2CC2)cc1-n1ncc(C(=O)N2[C@H](C)CC[C@H]2C)c1N. The Kier molecular flexibility index (Phi) is 4.61. The molecule has 7 heteroatoms. The highest BCUT2D eigenvalue weighted by atomic mass is 16.2. The van der Waals surface area contributed by atoms with Crippen molar-refractivity contribution in [2.45, 2.75) is 64.6 Å². The Morgan fingerprint density at radius 1 is 1.14 bits per heavy atom. The zero-order valence-electron chi connectivity index (χ0n) is 16.6. The number of carbonyl (C=O) groups excluding carboxylic acids is 2. The summed E-state index contributed by atoms with van der Waals surface area (Å²) in [7, 11) is 0. The molecule has 0 radical (unpaired) electrons. The number of nitrogens with one attached hydrogen (secondary N) is 1. The molecule has 1 aliphatic heterocycles. The number of aryl methyl sites for hydroxylation is 1. The van der Waals surface area contributed by atoms with E-state index in [1.54, 1.807) is 16.8 Å². The van der Waals surface area contributed by atoms with Gasteiger partial charge in [0.15, 0.2) is 0 Å². The van der Waals surface area contributed by atoms with Gasteiger partial charge in [0.25, 0.3) is 11.8 Å². The Labute approximate surface area is 164 Å². The van der Waals surface area contributed by atoms with Crippen molar-refractivity contribution in [1.29, 1.82) is 0 Å². The van der Waals surface area contributed by atoms with Crippen molar-refractivity contribution >= 4 is 17.6 Å². The number of hydrogen-bond acceptors (Lipinski definition) is 4. The van der Waals surface area contributed by atoms with Crippen molar-refractivity contribution in [2.24, 2.45) is 0 Å². The van der Waals surface area contributed by atoms with E-state index in [4.69, 9.17) is 5.73 Å². The Hall–Kier alpha value is -2.83. The molecule has 2 amide bonds. The second-order valence-electron chi connectivity index (χ2n) is 8.09. The molecule has 2 fully saturated rings. The Morgan fingerprint density at radius 3 is 2.46 bits per heavy atom. The van der Waals surface area contributed by atoms with Gasteiger partial charge in [-0.1, -0.05) is 6.07 Å². The van der Waals surface area contributed by atoms with Crippen LogP contribution in [0.5, 0.6) is 0 Å². The first-order valence-electron chi connectivity index (χ1n) is 9.95. The fourth-order valence-electron chi connectivity index (χ4n) is 3.92. The van der Waals surface area contributed by atoms with Crippen LogP contribution in [0.25, 0.3) is 5.69 Å². The lowest BCUT2D eigenvalue weighted by Gasteiger charge is -2.26. The summed E-state index contributed by atoms with van der Waals surface area (Å²) < 4.78 is 1.56. The van der Waals surface area contributed by atoms with Crippen LogP contribution in [-0.2, 0) is 0 Å². The third-order valence-electron chi connectivity index (χ3n) is 5.84. The second-order valence-corrected chi connectivity index (χ2v) is 8.09. The molecular formula is C21H27N5O2. The molecule has 0 unspecified atom stereocenters. The maximum absolute atomic E-state index is 13.1. The quantitative estimate of drug-likeness (QED) is 0.851. The monoisotopic (exact) mass is 381 g/mol. The van der Waals surface area contributed by atoms with Crippen LogP contribution < -0.4 is 11.1 Å². The van der Waals surface area contributed by atoms with Gasteiger partial charge in [0.1, 0.15) is 11.4 Å². The Balaban J connectivity index is 1.65. The summed E-state index contributed by atoms with van der Waals surface area (Å²) in [4.78, 5) is 27.3. The van der Waals surface area contributed by atoms with Crippen LogP contribution in [0.4, 0.5) is 5.82 Å². The van der Waals surface area contributed by atoms with Crippen LogP contribution in [0.15, 0.2) is 24.4 Å². The number of aromatic nitrogens is 2. The van der Waals surface area contributed by atoms with E-state index in [2.05, 4.69) is 24.3 Å². The van der Waals surface area contributed by atoms with Gasteiger partial charge in [-0.15, -0.1) is 0 Å². The molecule has 0 bridgehead atoms. The molecule has 1 aromatic carbocycles. The lowest BCUT2D eigenvalue weighted by Crippen LogP contribution is -2.38. The highest BCUT2D eigenvalue weighted by molar-refractivity contribution is 5.99. The summed E-state index contributed by atoms with van der Waals surface area (Å²) in [5, 5.41) is 7.37. The van der Waals surface area contributed by atoms with E-state index < -0.39 is 0 Å². The second kappa shape index (κ2) is 6.96. The largest absolute Gasteiger partial charge is 0.383 e. The number of amides is 2. The predicted molar refractivity (Wildman–Crippen MR) is 108 cm³/mol. The number of anilines is 1. The molecule has 1 aromatic heterocycles. The van der Waals surface area contributed by atoms with Gasteiger partial charge >= 0.3 is 0 Å². The standard InChI is InChI=1S/C21H27N5O2/c1-12-4-7-15(20(27)24-16-8-9-16)10-18(12)26-19(22)17(11-23-26)21(28)25-13(2)5-6-14(25)3/h4,7,10-11,13-14,16H,5-6,8-9,22H2,1-3H3,(H,24,27)/t13-,14-/m1/s1. The summed E-state index contributed by atoms with van der Waals surface area (Å²) in [6, 6.07) is 6.15. The molecule has 0 spiro atoms. The van der Waals surface area contributed by atoms with Gasteiger partial charge in [-0.3, -0.25) is 9.59 Å². The lowest BCUT2D eigenvalue weighted by atomic mass is 10.1. The number of carbonyl (C=O) groups is 2. The third-order valence-corrected chi connectivity index (χ3v) is 5.84. The highest BCUT2D eigenvalue weighted by Gasteiger charge is 2.34. The Morgan fingerprint density at radius 2 is 1.82 bits per heavy atom. The fraction of sp³-hybridized carbons (Fsp3) is 0.476. The van der Waals surface area contributed by atoms with Crippen molar-refractivity contribution in [2.75, 3.05) is 5.73 Å². The minimum atomic E-state index is -0.0921. The van der Waals surface area contributed by atoms with Gasteiger partial charge in [0.2, 0.25) is 0 Å².